The second-order valence-corrected chi connectivity index (χ2v) is 9.20. The van der Waals surface area contributed by atoms with Crippen LogP contribution in [0.1, 0.15) is 51.2 Å². The Morgan fingerprint density at radius 2 is 2.07 bits per heavy atom. The highest BCUT2D eigenvalue weighted by Crippen LogP contribution is 2.24. The van der Waals surface area contributed by atoms with Crippen LogP contribution in [-0.4, -0.2) is 67.6 Å². The van der Waals surface area contributed by atoms with E-state index in [2.05, 4.69) is 53.9 Å². The van der Waals surface area contributed by atoms with Crippen molar-refractivity contribution < 1.29 is 4.79 Å². The largest absolute Gasteiger partial charge is 0.358 e. The topological polar surface area (TPSA) is 81.7 Å². The number of likely N-dealkylation sites (tertiary alicyclic amines) is 1. The lowest BCUT2D eigenvalue weighted by Crippen LogP contribution is -2.50. The molecule has 2 heterocycles. The van der Waals surface area contributed by atoms with E-state index in [9.17, 15) is 4.79 Å². The molecule has 8 heteroatoms. The Kier molecular flexibility index (Phi) is 8.69. The number of amides is 1. The van der Waals surface area contributed by atoms with E-state index in [-0.39, 0.29) is 11.3 Å². The summed E-state index contributed by atoms with van der Waals surface area (Å²) in [5, 5.41) is 12.9. The summed E-state index contributed by atoms with van der Waals surface area (Å²) in [6.45, 7) is 12.6. The molecule has 28 heavy (non-hydrogen) atoms. The molecule has 1 saturated heterocycles. The second-order valence-electron chi connectivity index (χ2n) is 8.26. The zero-order chi connectivity index (χ0) is 20.6. The van der Waals surface area contributed by atoms with Crippen LogP contribution in [-0.2, 0) is 16.6 Å². The molecule has 1 amide bonds. The first kappa shape index (κ1) is 22.6. The van der Waals surface area contributed by atoms with Gasteiger partial charge in [-0.05, 0) is 19.8 Å². The fourth-order valence-electron chi connectivity index (χ4n) is 3.06. The van der Waals surface area contributed by atoms with Crippen LogP contribution in [0.4, 0.5) is 0 Å². The van der Waals surface area contributed by atoms with E-state index in [0.29, 0.717) is 12.6 Å². The van der Waals surface area contributed by atoms with Crippen LogP contribution in [0.3, 0.4) is 0 Å². The van der Waals surface area contributed by atoms with Crippen molar-refractivity contribution in [1.82, 2.24) is 25.8 Å². The third-order valence-corrected chi connectivity index (χ3v) is 5.74. The number of carbonyl (C=O) groups excluding carboxylic acids is 1. The Balaban J connectivity index is 1.81. The first-order chi connectivity index (χ1) is 13.3. The van der Waals surface area contributed by atoms with E-state index in [1.54, 1.807) is 18.4 Å². The molecule has 0 aliphatic carbocycles. The number of carbonyl (C=O) groups is 1. The summed E-state index contributed by atoms with van der Waals surface area (Å²) in [6.07, 6.45) is 2.90. The average Bonchev–Trinajstić information content (AvgIpc) is 3.13. The van der Waals surface area contributed by atoms with Crippen molar-refractivity contribution in [2.24, 2.45) is 4.99 Å². The smallest absolute Gasteiger partial charge is 0.233 e. The maximum absolute atomic E-state index is 11.5. The first-order valence-electron chi connectivity index (χ1n) is 10.2. The van der Waals surface area contributed by atoms with E-state index in [0.717, 1.165) is 62.1 Å². The van der Waals surface area contributed by atoms with E-state index in [1.165, 1.54) is 0 Å². The van der Waals surface area contributed by atoms with Gasteiger partial charge in [0.15, 0.2) is 5.96 Å². The number of hydrogen-bond acceptors (Lipinski definition) is 5. The molecular weight excluding hydrogens is 372 g/mol. The van der Waals surface area contributed by atoms with E-state index < -0.39 is 0 Å². The molecule has 0 aromatic carbocycles. The summed E-state index contributed by atoms with van der Waals surface area (Å²) in [6, 6.07) is 0.395. The van der Waals surface area contributed by atoms with Gasteiger partial charge in [-0.3, -0.25) is 14.7 Å². The molecule has 1 aliphatic rings. The van der Waals surface area contributed by atoms with Crippen LogP contribution in [0.15, 0.2) is 10.4 Å². The van der Waals surface area contributed by atoms with Gasteiger partial charge in [0.25, 0.3) is 0 Å². The molecule has 2 rings (SSSR count). The molecule has 0 unspecified atom stereocenters. The molecule has 1 aromatic rings. The minimum atomic E-state index is 0.0816. The predicted molar refractivity (Wildman–Crippen MR) is 117 cm³/mol. The number of rotatable bonds is 7. The van der Waals surface area contributed by atoms with Crippen LogP contribution in [0.2, 0.25) is 0 Å². The lowest BCUT2D eigenvalue weighted by molar-refractivity contribution is -0.122. The van der Waals surface area contributed by atoms with Crippen molar-refractivity contribution in [2.75, 3.05) is 39.8 Å². The normalized spacial score (nSPS) is 16.8. The maximum Gasteiger partial charge on any atom is 0.233 e. The number of aliphatic imine (C=N–C) groups is 1. The molecule has 7 nitrogen and oxygen atoms in total. The molecule has 0 saturated carbocycles. The Morgan fingerprint density at radius 3 is 2.64 bits per heavy atom. The fourth-order valence-corrected chi connectivity index (χ4v) is 4.08. The number of piperidine rings is 1. The Bertz CT molecular complexity index is 643. The Hall–Kier alpha value is -1.67. The third kappa shape index (κ3) is 7.39. The van der Waals surface area contributed by atoms with Gasteiger partial charge >= 0.3 is 0 Å². The van der Waals surface area contributed by atoms with Gasteiger partial charge in [0, 0.05) is 56.5 Å². The van der Waals surface area contributed by atoms with Crippen LogP contribution in [0, 0.1) is 0 Å². The molecule has 0 atom stereocenters. The van der Waals surface area contributed by atoms with Crippen LogP contribution >= 0.6 is 11.3 Å². The van der Waals surface area contributed by atoms with Crippen molar-refractivity contribution in [2.45, 2.75) is 58.4 Å². The van der Waals surface area contributed by atoms with Crippen LogP contribution in [0.25, 0.3) is 0 Å². The van der Waals surface area contributed by atoms with Crippen molar-refractivity contribution in [3.8, 4) is 0 Å². The maximum atomic E-state index is 11.5. The predicted octanol–water partition coefficient (Wildman–Crippen LogP) is 1.75. The van der Waals surface area contributed by atoms with Crippen LogP contribution < -0.4 is 16.0 Å². The lowest BCUT2D eigenvalue weighted by Gasteiger charge is -2.32. The molecule has 1 aliphatic heterocycles. The number of hydrogen-bond donors (Lipinski definition) is 3. The van der Waals surface area contributed by atoms with E-state index >= 15 is 0 Å². The van der Waals surface area contributed by atoms with Crippen molar-refractivity contribution in [3.05, 3.63) is 16.1 Å². The number of guanidine groups is 1. The van der Waals surface area contributed by atoms with Gasteiger partial charge < -0.3 is 16.0 Å². The fraction of sp³-hybridized carbons (Fsp3) is 0.750. The summed E-state index contributed by atoms with van der Waals surface area (Å²) in [5.41, 5.74) is 1.26. The highest BCUT2D eigenvalue weighted by Gasteiger charge is 2.21. The van der Waals surface area contributed by atoms with Gasteiger partial charge in [0.2, 0.25) is 5.91 Å². The third-order valence-electron chi connectivity index (χ3n) is 4.83. The van der Waals surface area contributed by atoms with Crippen molar-refractivity contribution in [1.29, 1.82) is 0 Å². The zero-order valence-corrected chi connectivity index (χ0v) is 18.8. The lowest BCUT2D eigenvalue weighted by atomic mass is 9.93. The minimum absolute atomic E-state index is 0.0816. The molecule has 0 radical (unpaired) electrons. The van der Waals surface area contributed by atoms with E-state index in [4.69, 9.17) is 9.98 Å². The summed E-state index contributed by atoms with van der Waals surface area (Å²) in [5.74, 6) is 0.956. The Morgan fingerprint density at radius 1 is 1.36 bits per heavy atom. The molecule has 0 bridgehead atoms. The molecule has 0 spiro atoms. The number of likely N-dealkylation sites (N-methyl/N-ethyl adjacent to an activating group) is 1. The van der Waals surface area contributed by atoms with Gasteiger partial charge in [-0.25, -0.2) is 4.98 Å². The SMILES string of the molecule is CCNC(=NCCc1nc(C(C)(C)C)cs1)NC1CCN(CC(=O)NC)CC1. The molecule has 1 aromatic heterocycles. The van der Waals surface area contributed by atoms with Gasteiger partial charge in [0.1, 0.15) is 0 Å². The summed E-state index contributed by atoms with van der Waals surface area (Å²) in [7, 11) is 1.69. The summed E-state index contributed by atoms with van der Waals surface area (Å²) in [4.78, 5) is 23.2. The molecule has 158 valence electrons. The molecular formula is C20H36N6OS. The van der Waals surface area contributed by atoms with Gasteiger partial charge in [-0.1, -0.05) is 20.8 Å². The van der Waals surface area contributed by atoms with Gasteiger partial charge in [-0.2, -0.15) is 0 Å². The quantitative estimate of drug-likeness (QED) is 0.473. The van der Waals surface area contributed by atoms with Gasteiger partial charge in [0.05, 0.1) is 17.2 Å². The standard InChI is InChI=1S/C20H36N6OS/c1-6-22-19(23-10-7-18-25-16(14-28-18)20(2,3)4)24-15-8-11-26(12-9-15)13-17(27)21-5/h14-15H,6-13H2,1-5H3,(H,21,27)(H2,22,23,24). The highest BCUT2D eigenvalue weighted by atomic mass is 32.1. The Labute approximate surface area is 173 Å². The van der Waals surface area contributed by atoms with Crippen molar-refractivity contribution >= 4 is 23.2 Å². The van der Waals surface area contributed by atoms with Crippen molar-refractivity contribution in [3.63, 3.8) is 0 Å². The minimum Gasteiger partial charge on any atom is -0.358 e. The molecule has 1 fully saturated rings. The number of thiazole rings is 1. The monoisotopic (exact) mass is 408 g/mol. The van der Waals surface area contributed by atoms with Crippen LogP contribution in [0.5, 0.6) is 0 Å². The zero-order valence-electron chi connectivity index (χ0n) is 18.0. The number of nitrogens with one attached hydrogen (secondary N) is 3. The summed E-state index contributed by atoms with van der Waals surface area (Å²) >= 11 is 1.72. The van der Waals surface area contributed by atoms with Gasteiger partial charge in [-0.15, -0.1) is 11.3 Å². The van der Waals surface area contributed by atoms with E-state index in [1.807, 2.05) is 0 Å². The summed E-state index contributed by atoms with van der Waals surface area (Å²) < 4.78 is 0. The highest BCUT2D eigenvalue weighted by molar-refractivity contribution is 7.09. The second kappa shape index (κ2) is 10.8. The number of nitrogens with zero attached hydrogens (tertiary/aromatic N) is 3. The average molecular weight is 409 g/mol. The first-order valence-corrected chi connectivity index (χ1v) is 11.1. The number of aromatic nitrogens is 1. The molecule has 3 N–H and O–H groups in total.